The van der Waals surface area contributed by atoms with Gasteiger partial charge in [-0.3, -0.25) is 0 Å². The summed E-state index contributed by atoms with van der Waals surface area (Å²) in [5.74, 6) is -0.309. The SMILES string of the molecule is Cc1ccc(F)c(C2(N=C=O)CCC2)c1Br. The lowest BCUT2D eigenvalue weighted by molar-refractivity contribution is 0.246. The number of aryl methyl sites for hydroxylation is 1. The van der Waals surface area contributed by atoms with Crippen LogP contribution in [0.3, 0.4) is 0 Å². The highest BCUT2D eigenvalue weighted by Gasteiger charge is 2.42. The van der Waals surface area contributed by atoms with Crippen molar-refractivity contribution in [3.05, 3.63) is 33.5 Å². The summed E-state index contributed by atoms with van der Waals surface area (Å²) in [6.07, 6.45) is 3.95. The van der Waals surface area contributed by atoms with Crippen molar-refractivity contribution in [1.82, 2.24) is 0 Å². The molecule has 0 bridgehead atoms. The molecular formula is C12H11BrFNO. The van der Waals surface area contributed by atoms with Crippen molar-refractivity contribution in [1.29, 1.82) is 0 Å². The first-order valence-corrected chi connectivity index (χ1v) is 5.94. The molecule has 0 saturated heterocycles. The number of carbonyl (C=O) groups excluding carboxylic acids is 1. The minimum Gasteiger partial charge on any atom is -0.211 e. The third-order valence-electron chi connectivity index (χ3n) is 3.19. The van der Waals surface area contributed by atoms with E-state index in [0.29, 0.717) is 22.9 Å². The second-order valence-electron chi connectivity index (χ2n) is 4.14. The van der Waals surface area contributed by atoms with E-state index < -0.39 is 5.54 Å². The van der Waals surface area contributed by atoms with E-state index in [0.717, 1.165) is 12.0 Å². The molecule has 0 aromatic heterocycles. The zero-order valence-corrected chi connectivity index (χ0v) is 10.5. The predicted octanol–water partition coefficient (Wildman–Crippen LogP) is 3.61. The summed E-state index contributed by atoms with van der Waals surface area (Å²) in [5, 5.41) is 0. The van der Waals surface area contributed by atoms with Crippen molar-refractivity contribution in [2.45, 2.75) is 31.7 Å². The molecule has 0 unspecified atom stereocenters. The fourth-order valence-corrected chi connectivity index (χ4v) is 2.79. The summed E-state index contributed by atoms with van der Waals surface area (Å²) < 4.78 is 14.6. The van der Waals surface area contributed by atoms with Gasteiger partial charge in [0.1, 0.15) is 11.4 Å². The molecule has 0 heterocycles. The number of nitrogens with zero attached hydrogens (tertiary/aromatic N) is 1. The molecule has 0 spiro atoms. The fraction of sp³-hybridized carbons (Fsp3) is 0.417. The van der Waals surface area contributed by atoms with E-state index in [9.17, 15) is 9.18 Å². The fourth-order valence-electron chi connectivity index (χ4n) is 2.10. The molecule has 16 heavy (non-hydrogen) atoms. The van der Waals surface area contributed by atoms with Crippen molar-refractivity contribution in [2.24, 2.45) is 4.99 Å². The van der Waals surface area contributed by atoms with E-state index in [1.54, 1.807) is 12.1 Å². The summed E-state index contributed by atoms with van der Waals surface area (Å²) in [6, 6.07) is 3.13. The Morgan fingerprint density at radius 3 is 2.69 bits per heavy atom. The van der Waals surface area contributed by atoms with Crippen LogP contribution < -0.4 is 0 Å². The van der Waals surface area contributed by atoms with Gasteiger partial charge in [-0.25, -0.2) is 9.18 Å². The standard InChI is InChI=1S/C12H11BrFNO/c1-8-3-4-9(14)10(11(8)13)12(15-7-16)5-2-6-12/h3-4H,2,5-6H2,1H3. The molecule has 0 radical (unpaired) electrons. The smallest absolute Gasteiger partial charge is 0.211 e. The summed E-state index contributed by atoms with van der Waals surface area (Å²) in [6.45, 7) is 1.89. The zero-order valence-electron chi connectivity index (χ0n) is 8.89. The molecule has 2 rings (SSSR count). The first-order valence-electron chi connectivity index (χ1n) is 5.15. The maximum atomic E-state index is 13.9. The molecule has 0 atom stereocenters. The topological polar surface area (TPSA) is 29.4 Å². The third-order valence-corrected chi connectivity index (χ3v) is 4.21. The van der Waals surface area contributed by atoms with Crippen molar-refractivity contribution in [3.8, 4) is 0 Å². The van der Waals surface area contributed by atoms with Gasteiger partial charge in [-0.1, -0.05) is 22.0 Å². The highest BCUT2D eigenvalue weighted by Crippen LogP contribution is 2.48. The minimum absolute atomic E-state index is 0.309. The van der Waals surface area contributed by atoms with E-state index in [1.165, 1.54) is 6.07 Å². The summed E-state index contributed by atoms with van der Waals surface area (Å²) >= 11 is 3.38. The first-order chi connectivity index (χ1) is 7.60. The molecule has 84 valence electrons. The second-order valence-corrected chi connectivity index (χ2v) is 4.93. The quantitative estimate of drug-likeness (QED) is 0.602. The van der Waals surface area contributed by atoms with E-state index in [1.807, 2.05) is 6.92 Å². The van der Waals surface area contributed by atoms with Crippen LogP contribution in [0.1, 0.15) is 30.4 Å². The summed E-state index contributed by atoms with van der Waals surface area (Å²) in [4.78, 5) is 14.3. The van der Waals surface area contributed by atoms with Crippen LogP contribution in [0.15, 0.2) is 21.6 Å². The van der Waals surface area contributed by atoms with E-state index in [2.05, 4.69) is 20.9 Å². The Morgan fingerprint density at radius 2 is 2.19 bits per heavy atom. The van der Waals surface area contributed by atoms with Gasteiger partial charge < -0.3 is 0 Å². The van der Waals surface area contributed by atoms with Gasteiger partial charge in [-0.2, -0.15) is 4.99 Å². The Morgan fingerprint density at radius 1 is 1.50 bits per heavy atom. The molecule has 1 aromatic carbocycles. The van der Waals surface area contributed by atoms with Gasteiger partial charge >= 0.3 is 0 Å². The van der Waals surface area contributed by atoms with Gasteiger partial charge in [0, 0.05) is 10.0 Å². The van der Waals surface area contributed by atoms with Crippen LogP contribution in [0, 0.1) is 12.7 Å². The maximum absolute atomic E-state index is 13.9. The van der Waals surface area contributed by atoms with Crippen LogP contribution in [0.4, 0.5) is 4.39 Å². The number of aliphatic imine (C=N–C) groups is 1. The average molecular weight is 284 g/mol. The van der Waals surface area contributed by atoms with E-state index >= 15 is 0 Å². The number of hydrogen-bond donors (Lipinski definition) is 0. The number of rotatable bonds is 2. The average Bonchev–Trinajstić information content (AvgIpc) is 2.20. The minimum atomic E-state index is -0.684. The molecule has 1 aromatic rings. The van der Waals surface area contributed by atoms with Crippen LogP contribution in [-0.2, 0) is 10.3 Å². The third kappa shape index (κ3) is 1.62. The lowest BCUT2D eigenvalue weighted by Gasteiger charge is -2.38. The van der Waals surface area contributed by atoms with Gasteiger partial charge in [-0.15, -0.1) is 0 Å². The molecule has 1 aliphatic carbocycles. The molecule has 0 aliphatic heterocycles. The Kier molecular flexibility index (Phi) is 2.96. The molecule has 1 aliphatic rings. The van der Waals surface area contributed by atoms with Crippen LogP contribution >= 0.6 is 15.9 Å². The van der Waals surface area contributed by atoms with Gasteiger partial charge in [0.05, 0.1) is 0 Å². The Labute approximate surface area is 102 Å². The van der Waals surface area contributed by atoms with E-state index in [-0.39, 0.29) is 5.82 Å². The van der Waals surface area contributed by atoms with Crippen LogP contribution in [0.2, 0.25) is 0 Å². The molecule has 1 fully saturated rings. The van der Waals surface area contributed by atoms with Gasteiger partial charge in [0.25, 0.3) is 0 Å². The second kappa shape index (κ2) is 4.11. The lowest BCUT2D eigenvalue weighted by Crippen LogP contribution is -2.33. The number of benzene rings is 1. The zero-order chi connectivity index (χ0) is 11.8. The van der Waals surface area contributed by atoms with Crippen LogP contribution in [0.25, 0.3) is 0 Å². The highest BCUT2D eigenvalue weighted by molar-refractivity contribution is 9.10. The number of isocyanates is 1. The Balaban J connectivity index is 2.62. The number of halogens is 2. The van der Waals surface area contributed by atoms with Crippen LogP contribution in [-0.4, -0.2) is 6.08 Å². The predicted molar refractivity (Wildman–Crippen MR) is 62.5 cm³/mol. The molecule has 0 amide bonds. The van der Waals surface area contributed by atoms with Crippen molar-refractivity contribution in [2.75, 3.05) is 0 Å². The summed E-state index contributed by atoms with van der Waals surface area (Å²) in [5.41, 5.74) is 0.766. The normalized spacial score (nSPS) is 17.4. The van der Waals surface area contributed by atoms with Crippen molar-refractivity contribution < 1.29 is 9.18 Å². The van der Waals surface area contributed by atoms with Gasteiger partial charge in [-0.05, 0) is 37.8 Å². The Hall–Kier alpha value is -0.990. The molecule has 4 heteroatoms. The lowest BCUT2D eigenvalue weighted by atomic mass is 9.72. The molecular weight excluding hydrogens is 273 g/mol. The summed E-state index contributed by atoms with van der Waals surface area (Å²) in [7, 11) is 0. The van der Waals surface area contributed by atoms with Crippen LogP contribution in [0.5, 0.6) is 0 Å². The Bertz CT molecular complexity index is 476. The van der Waals surface area contributed by atoms with E-state index in [4.69, 9.17) is 0 Å². The van der Waals surface area contributed by atoms with Crippen molar-refractivity contribution in [3.63, 3.8) is 0 Å². The van der Waals surface area contributed by atoms with Crippen molar-refractivity contribution >= 4 is 22.0 Å². The number of hydrogen-bond acceptors (Lipinski definition) is 2. The monoisotopic (exact) mass is 283 g/mol. The van der Waals surface area contributed by atoms with Gasteiger partial charge in [0.2, 0.25) is 6.08 Å². The first kappa shape index (κ1) is 11.5. The molecule has 0 N–H and O–H groups in total. The largest absolute Gasteiger partial charge is 0.235 e. The highest BCUT2D eigenvalue weighted by atomic mass is 79.9. The maximum Gasteiger partial charge on any atom is 0.235 e. The molecule has 1 saturated carbocycles. The van der Waals surface area contributed by atoms with Gasteiger partial charge in [0.15, 0.2) is 0 Å². The molecule has 2 nitrogen and oxygen atoms in total.